The van der Waals surface area contributed by atoms with Crippen LogP contribution in [0, 0.1) is 29.4 Å². The van der Waals surface area contributed by atoms with Gasteiger partial charge in [0.1, 0.15) is 11.9 Å². The van der Waals surface area contributed by atoms with Gasteiger partial charge in [0, 0.05) is 28.8 Å². The molecule has 21 heavy (non-hydrogen) atoms. The zero-order chi connectivity index (χ0) is 15.2. The van der Waals surface area contributed by atoms with Crippen LogP contribution in [-0.4, -0.2) is 16.4 Å². The van der Waals surface area contributed by atoms with Crippen molar-refractivity contribution in [2.24, 2.45) is 5.41 Å². The highest BCUT2D eigenvalue weighted by atomic mass is 35.5. The van der Waals surface area contributed by atoms with E-state index in [0.717, 1.165) is 30.6 Å². The summed E-state index contributed by atoms with van der Waals surface area (Å²) < 4.78 is 6.20. The molecule has 0 radical (unpaired) electrons. The maximum absolute atomic E-state index is 11.0. The number of alkyl halides is 1. The van der Waals surface area contributed by atoms with E-state index in [4.69, 9.17) is 16.3 Å². The number of ether oxygens (including phenoxy) is 1. The Labute approximate surface area is 129 Å². The number of nitrogens with zero attached hydrogens (tertiary/aromatic N) is 1. The minimum absolute atomic E-state index is 0.129. The van der Waals surface area contributed by atoms with Crippen molar-refractivity contribution < 1.29 is 9.66 Å². The lowest BCUT2D eigenvalue weighted by molar-refractivity contribution is -0.385. The summed E-state index contributed by atoms with van der Waals surface area (Å²) in [5.74, 6) is 0.762. The molecule has 0 bridgehead atoms. The van der Waals surface area contributed by atoms with E-state index >= 15 is 0 Å². The number of halogens is 1. The van der Waals surface area contributed by atoms with Crippen LogP contribution in [0.5, 0.6) is 5.75 Å². The molecular weight excluding hydrogens is 290 g/mol. The summed E-state index contributed by atoms with van der Waals surface area (Å²) in [6.45, 7) is 3.61. The van der Waals surface area contributed by atoms with Gasteiger partial charge in [-0.1, -0.05) is 12.8 Å². The monoisotopic (exact) mass is 309 g/mol. The second-order valence-corrected chi connectivity index (χ2v) is 6.94. The molecule has 4 nitrogen and oxygen atoms in total. The Morgan fingerprint density at radius 2 is 1.95 bits per heavy atom. The molecular formula is C16H20ClNO3. The molecule has 0 amide bonds. The van der Waals surface area contributed by atoms with Crippen LogP contribution >= 0.6 is 11.6 Å². The van der Waals surface area contributed by atoms with Crippen molar-refractivity contribution in [3.63, 3.8) is 0 Å². The third kappa shape index (κ3) is 2.30. The van der Waals surface area contributed by atoms with Crippen molar-refractivity contribution in [2.45, 2.75) is 57.4 Å². The maximum Gasteiger partial charge on any atom is 0.272 e. The summed E-state index contributed by atoms with van der Waals surface area (Å²) in [6.07, 6.45) is 5.75. The van der Waals surface area contributed by atoms with Gasteiger partial charge in [-0.05, 0) is 38.3 Å². The SMILES string of the molecule is Cc1cc([N+](=O)[O-])c(C)cc1OC1CC(Cl)C12CCCC2. The molecule has 2 aliphatic carbocycles. The van der Waals surface area contributed by atoms with Crippen molar-refractivity contribution in [2.75, 3.05) is 0 Å². The standard InChI is InChI=1S/C16H20ClNO3/c1-10-8-13(11(2)7-12(10)18(19)20)21-15-9-14(17)16(15)5-3-4-6-16/h7-8,14-15H,3-6,9H2,1-2H3. The van der Waals surface area contributed by atoms with Crippen LogP contribution in [0.4, 0.5) is 5.69 Å². The van der Waals surface area contributed by atoms with E-state index in [2.05, 4.69) is 0 Å². The van der Waals surface area contributed by atoms with Crippen LogP contribution in [-0.2, 0) is 0 Å². The number of aryl methyl sites for hydroxylation is 2. The average molecular weight is 310 g/mol. The molecule has 0 N–H and O–H groups in total. The number of nitro groups is 1. The molecule has 1 aromatic rings. The molecule has 3 rings (SSSR count). The summed E-state index contributed by atoms with van der Waals surface area (Å²) >= 11 is 6.44. The zero-order valence-electron chi connectivity index (χ0n) is 12.4. The first-order chi connectivity index (χ1) is 9.94. The zero-order valence-corrected chi connectivity index (χ0v) is 13.2. The van der Waals surface area contributed by atoms with Gasteiger partial charge in [-0.15, -0.1) is 11.6 Å². The fourth-order valence-electron chi connectivity index (χ4n) is 3.78. The van der Waals surface area contributed by atoms with Crippen LogP contribution in [0.25, 0.3) is 0 Å². The number of rotatable bonds is 3. The summed E-state index contributed by atoms with van der Waals surface area (Å²) in [5.41, 5.74) is 1.74. The van der Waals surface area contributed by atoms with Crippen LogP contribution in [0.1, 0.15) is 43.2 Å². The van der Waals surface area contributed by atoms with Crippen molar-refractivity contribution in [1.29, 1.82) is 0 Å². The van der Waals surface area contributed by atoms with E-state index < -0.39 is 0 Å². The highest BCUT2D eigenvalue weighted by Gasteiger charge is 2.57. The van der Waals surface area contributed by atoms with Crippen molar-refractivity contribution >= 4 is 17.3 Å². The molecule has 2 fully saturated rings. The van der Waals surface area contributed by atoms with Gasteiger partial charge in [0.05, 0.1) is 4.92 Å². The van der Waals surface area contributed by atoms with Crippen LogP contribution < -0.4 is 4.74 Å². The minimum atomic E-state index is -0.345. The molecule has 0 saturated heterocycles. The van der Waals surface area contributed by atoms with Crippen molar-refractivity contribution in [1.82, 2.24) is 0 Å². The minimum Gasteiger partial charge on any atom is -0.489 e. The van der Waals surface area contributed by atoms with Crippen LogP contribution in [0.3, 0.4) is 0 Å². The number of hydrogen-bond acceptors (Lipinski definition) is 3. The predicted molar refractivity (Wildman–Crippen MR) is 82.1 cm³/mol. The molecule has 2 aliphatic rings. The molecule has 114 valence electrons. The van der Waals surface area contributed by atoms with E-state index in [1.807, 2.05) is 6.92 Å². The fourth-order valence-corrected chi connectivity index (χ4v) is 4.30. The molecule has 0 heterocycles. The first-order valence-electron chi connectivity index (χ1n) is 7.50. The summed E-state index contributed by atoms with van der Waals surface area (Å²) in [5, 5.41) is 11.2. The third-order valence-electron chi connectivity index (χ3n) is 5.18. The maximum atomic E-state index is 11.0. The second kappa shape index (κ2) is 5.16. The lowest BCUT2D eigenvalue weighted by Crippen LogP contribution is -2.55. The molecule has 0 aromatic heterocycles. The normalized spacial score (nSPS) is 26.6. The Bertz CT molecular complexity index is 581. The Morgan fingerprint density at radius 3 is 2.52 bits per heavy atom. The molecule has 5 heteroatoms. The lowest BCUT2D eigenvalue weighted by atomic mass is 9.64. The quantitative estimate of drug-likeness (QED) is 0.468. The largest absolute Gasteiger partial charge is 0.489 e. The van der Waals surface area contributed by atoms with Gasteiger partial charge >= 0.3 is 0 Å². The molecule has 2 unspecified atom stereocenters. The topological polar surface area (TPSA) is 52.4 Å². The molecule has 0 aliphatic heterocycles. The van der Waals surface area contributed by atoms with Gasteiger partial charge in [-0.25, -0.2) is 0 Å². The van der Waals surface area contributed by atoms with Gasteiger partial charge in [0.2, 0.25) is 0 Å². The van der Waals surface area contributed by atoms with Crippen molar-refractivity contribution in [3.05, 3.63) is 33.4 Å². The number of hydrogen-bond donors (Lipinski definition) is 0. The summed E-state index contributed by atoms with van der Waals surface area (Å²) in [6, 6.07) is 3.39. The fraction of sp³-hybridized carbons (Fsp3) is 0.625. The van der Waals surface area contributed by atoms with Gasteiger partial charge < -0.3 is 4.74 Å². The van der Waals surface area contributed by atoms with Crippen LogP contribution in [0.2, 0.25) is 0 Å². The van der Waals surface area contributed by atoms with Gasteiger partial charge in [0.25, 0.3) is 5.69 Å². The highest BCUT2D eigenvalue weighted by molar-refractivity contribution is 6.21. The first-order valence-corrected chi connectivity index (χ1v) is 7.94. The van der Waals surface area contributed by atoms with E-state index in [1.54, 1.807) is 19.1 Å². The van der Waals surface area contributed by atoms with Gasteiger partial charge in [-0.2, -0.15) is 0 Å². The smallest absolute Gasteiger partial charge is 0.272 e. The summed E-state index contributed by atoms with van der Waals surface area (Å²) in [4.78, 5) is 10.6. The Balaban J connectivity index is 1.83. The molecule has 1 aromatic carbocycles. The molecule has 2 saturated carbocycles. The highest BCUT2D eigenvalue weighted by Crippen LogP contribution is 2.57. The Kier molecular flexibility index (Phi) is 3.60. The Hall–Kier alpha value is -1.29. The third-order valence-corrected chi connectivity index (χ3v) is 5.79. The van der Waals surface area contributed by atoms with Crippen LogP contribution in [0.15, 0.2) is 12.1 Å². The van der Waals surface area contributed by atoms with E-state index in [1.165, 1.54) is 12.8 Å². The average Bonchev–Trinajstić information content (AvgIpc) is 2.94. The van der Waals surface area contributed by atoms with E-state index in [9.17, 15) is 10.1 Å². The van der Waals surface area contributed by atoms with E-state index in [-0.39, 0.29) is 27.5 Å². The molecule has 2 atom stereocenters. The number of benzene rings is 1. The van der Waals surface area contributed by atoms with Gasteiger partial charge in [-0.3, -0.25) is 10.1 Å². The van der Waals surface area contributed by atoms with Gasteiger partial charge in [0.15, 0.2) is 0 Å². The second-order valence-electron chi connectivity index (χ2n) is 6.41. The lowest BCUT2D eigenvalue weighted by Gasteiger charge is -2.51. The molecule has 1 spiro atoms. The number of nitro benzene ring substituents is 1. The predicted octanol–water partition coefficient (Wildman–Crippen LogP) is 4.53. The first kappa shape index (κ1) is 14.6. The van der Waals surface area contributed by atoms with E-state index in [0.29, 0.717) is 5.56 Å². The van der Waals surface area contributed by atoms with Crippen molar-refractivity contribution in [3.8, 4) is 5.75 Å². The summed E-state index contributed by atoms with van der Waals surface area (Å²) in [7, 11) is 0. The Morgan fingerprint density at radius 1 is 1.29 bits per heavy atom.